The van der Waals surface area contributed by atoms with Crippen LogP contribution in [0.1, 0.15) is 114 Å². The summed E-state index contributed by atoms with van der Waals surface area (Å²) in [6.07, 6.45) is 4.78. The molecule has 0 amide bonds. The molecule has 1 N–H and O–H groups in total. The molecule has 7 aromatic carbocycles. The first kappa shape index (κ1) is 40.7. The summed E-state index contributed by atoms with van der Waals surface area (Å²) < 4.78 is 9.44. The number of fused-ring (bicyclic) bond motifs is 10. The Morgan fingerprint density at radius 1 is 0.569 bits per heavy atom. The maximum atomic E-state index is 6.60. The van der Waals surface area contributed by atoms with Crippen molar-refractivity contribution in [1.82, 2.24) is 0 Å². The molecule has 324 valence electrons. The number of anilines is 5. The van der Waals surface area contributed by atoms with Crippen LogP contribution in [0.4, 0.5) is 28.4 Å². The van der Waals surface area contributed by atoms with Gasteiger partial charge in [-0.2, -0.15) is 0 Å². The van der Waals surface area contributed by atoms with E-state index in [1.54, 1.807) is 0 Å². The van der Waals surface area contributed by atoms with Crippen molar-refractivity contribution in [2.75, 3.05) is 10.2 Å². The van der Waals surface area contributed by atoms with Crippen molar-refractivity contribution < 1.29 is 4.42 Å². The lowest BCUT2D eigenvalue weighted by Crippen LogP contribution is -2.40. The fraction of sp³-hybridized carbons (Fsp3) is 0.300. The van der Waals surface area contributed by atoms with Gasteiger partial charge in [-0.25, -0.2) is 0 Å². The molecule has 5 heteroatoms. The SMILES string of the molecule is Cc1cc(-c2c(Nc3cccc4c3oc3ccccc34)ccc3ccccc23)c2c(c1)N(c1cc3c(cc1C)C(C)(C)CCC3(C)C)c1c(sc3cc4c(cc13)C(C)(C)CCC4(C)C)B2. The molecule has 2 aliphatic carbocycles. The van der Waals surface area contributed by atoms with Crippen molar-refractivity contribution in [2.45, 2.75) is 117 Å². The summed E-state index contributed by atoms with van der Waals surface area (Å²) in [6, 6.07) is 43.6. The van der Waals surface area contributed by atoms with E-state index in [1.165, 1.54) is 118 Å². The minimum absolute atomic E-state index is 0.0735. The van der Waals surface area contributed by atoms with Gasteiger partial charge in [0.1, 0.15) is 5.58 Å². The molecule has 0 radical (unpaired) electrons. The first-order chi connectivity index (χ1) is 31.0. The number of thiophene rings is 1. The second-order valence-electron chi connectivity index (χ2n) is 22.4. The molecule has 2 aromatic heterocycles. The zero-order valence-corrected chi connectivity index (χ0v) is 40.6. The molecule has 3 nitrogen and oxygen atoms in total. The van der Waals surface area contributed by atoms with E-state index in [1.807, 2.05) is 11.3 Å². The first-order valence-electron chi connectivity index (χ1n) is 23.9. The Balaban J connectivity index is 1.14. The average molecular weight is 867 g/mol. The van der Waals surface area contributed by atoms with Crippen LogP contribution < -0.4 is 20.5 Å². The maximum absolute atomic E-state index is 6.60. The molecule has 0 fully saturated rings. The molecular formula is C60H59BN2OS. The lowest BCUT2D eigenvalue weighted by atomic mass is 9.61. The molecule has 0 unspecified atom stereocenters. The predicted molar refractivity (Wildman–Crippen MR) is 283 cm³/mol. The van der Waals surface area contributed by atoms with Crippen LogP contribution in [-0.4, -0.2) is 7.28 Å². The monoisotopic (exact) mass is 866 g/mol. The van der Waals surface area contributed by atoms with E-state index in [2.05, 4.69) is 195 Å². The van der Waals surface area contributed by atoms with Crippen LogP contribution in [-0.2, 0) is 21.7 Å². The standard InChI is InChI=1S/C60H59BN2OS/c1-34-28-41(52-37-17-12-11-16-36(37)22-23-46(52)62-47-20-15-19-39-38-18-13-14-21-50(38)64-55(39)47)53-49(29-34)63(48-32-44-42(30-35(48)2)57(3,4)24-26-59(44,7)8)54-40-31-43-45(33-51(40)65-56(54)61-53)60(9,10)27-25-58(43,5)6/h11-23,28-33,61-62H,24-27H2,1-10H3. The van der Waals surface area contributed by atoms with Gasteiger partial charge in [0.05, 0.1) is 11.4 Å². The van der Waals surface area contributed by atoms with Crippen molar-refractivity contribution in [3.8, 4) is 11.1 Å². The van der Waals surface area contributed by atoms with E-state index in [0.717, 1.165) is 40.6 Å². The summed E-state index contributed by atoms with van der Waals surface area (Å²) in [6.45, 7) is 24.4. The molecule has 0 saturated carbocycles. The van der Waals surface area contributed by atoms with Gasteiger partial charge in [-0.3, -0.25) is 0 Å². The molecule has 9 aromatic rings. The highest BCUT2D eigenvalue weighted by atomic mass is 32.1. The van der Waals surface area contributed by atoms with Crippen molar-refractivity contribution in [1.29, 1.82) is 0 Å². The summed E-state index contributed by atoms with van der Waals surface area (Å²) in [5, 5.41) is 10.1. The van der Waals surface area contributed by atoms with E-state index < -0.39 is 0 Å². The van der Waals surface area contributed by atoms with Crippen LogP contribution in [0.3, 0.4) is 0 Å². The van der Waals surface area contributed by atoms with Crippen LogP contribution in [0.2, 0.25) is 0 Å². The van der Waals surface area contributed by atoms with Gasteiger partial charge in [-0.15, -0.1) is 11.3 Å². The number of benzene rings is 7. The van der Waals surface area contributed by atoms with E-state index in [0.29, 0.717) is 0 Å². The quantitative estimate of drug-likeness (QED) is 0.179. The van der Waals surface area contributed by atoms with E-state index in [-0.39, 0.29) is 21.7 Å². The van der Waals surface area contributed by atoms with Crippen LogP contribution in [0.5, 0.6) is 0 Å². The highest BCUT2D eigenvalue weighted by Crippen LogP contribution is 2.54. The fourth-order valence-electron chi connectivity index (χ4n) is 12.1. The molecule has 0 bridgehead atoms. The Morgan fingerprint density at radius 2 is 1.20 bits per heavy atom. The van der Waals surface area contributed by atoms with Gasteiger partial charge in [0.25, 0.3) is 0 Å². The Labute approximate surface area is 389 Å². The van der Waals surface area contributed by atoms with Crippen molar-refractivity contribution in [3.05, 3.63) is 149 Å². The lowest BCUT2D eigenvalue weighted by Gasteiger charge is -2.44. The largest absolute Gasteiger partial charge is 0.454 e. The van der Waals surface area contributed by atoms with Gasteiger partial charge in [0, 0.05) is 43.5 Å². The second kappa shape index (κ2) is 13.9. The van der Waals surface area contributed by atoms with E-state index in [9.17, 15) is 0 Å². The normalized spacial score (nSPS) is 17.7. The number of nitrogens with zero attached hydrogens (tertiary/aromatic N) is 1. The second-order valence-corrected chi connectivity index (χ2v) is 23.6. The number of aryl methyl sites for hydroxylation is 2. The summed E-state index contributed by atoms with van der Waals surface area (Å²) >= 11 is 2.02. The first-order valence-corrected chi connectivity index (χ1v) is 24.7. The molecular weight excluding hydrogens is 808 g/mol. The van der Waals surface area contributed by atoms with Crippen LogP contribution in [0.15, 0.2) is 120 Å². The number of hydrogen-bond donors (Lipinski definition) is 1. The summed E-state index contributed by atoms with van der Waals surface area (Å²) in [7, 11) is 0.859. The van der Waals surface area contributed by atoms with Crippen molar-refractivity contribution >= 4 is 100 Å². The molecule has 0 saturated heterocycles. The average Bonchev–Trinajstić information content (AvgIpc) is 3.84. The molecule has 3 aliphatic rings. The van der Waals surface area contributed by atoms with Crippen molar-refractivity contribution in [3.63, 3.8) is 0 Å². The van der Waals surface area contributed by atoms with E-state index >= 15 is 0 Å². The number of furan rings is 1. The molecule has 0 spiro atoms. The fourth-order valence-corrected chi connectivity index (χ4v) is 13.3. The van der Waals surface area contributed by atoms with Gasteiger partial charge >= 0.3 is 0 Å². The molecule has 12 rings (SSSR count). The topological polar surface area (TPSA) is 28.4 Å². The number of rotatable bonds is 4. The number of hydrogen-bond acceptors (Lipinski definition) is 4. The molecule has 65 heavy (non-hydrogen) atoms. The number of para-hydroxylation sites is 2. The Bertz CT molecular complexity index is 3490. The van der Waals surface area contributed by atoms with E-state index in [4.69, 9.17) is 4.42 Å². The zero-order chi connectivity index (χ0) is 44.9. The third kappa shape index (κ3) is 6.13. The highest BCUT2D eigenvalue weighted by Gasteiger charge is 2.42. The lowest BCUT2D eigenvalue weighted by molar-refractivity contribution is 0.332. The van der Waals surface area contributed by atoms with Gasteiger partial charge in [-0.1, -0.05) is 128 Å². The minimum atomic E-state index is 0.0735. The van der Waals surface area contributed by atoms with Crippen LogP contribution in [0.25, 0.3) is 53.9 Å². The molecule has 3 heterocycles. The smallest absolute Gasteiger partial charge is 0.211 e. The molecule has 0 atom stereocenters. The zero-order valence-electron chi connectivity index (χ0n) is 39.8. The third-order valence-electron chi connectivity index (χ3n) is 16.2. The van der Waals surface area contributed by atoms with Crippen LogP contribution in [0, 0.1) is 13.8 Å². The Kier molecular flexibility index (Phi) is 8.69. The van der Waals surface area contributed by atoms with Gasteiger partial charge in [0.2, 0.25) is 7.28 Å². The van der Waals surface area contributed by atoms with Gasteiger partial charge < -0.3 is 14.6 Å². The summed E-state index contributed by atoms with van der Waals surface area (Å²) in [4.78, 5) is 2.72. The molecule has 1 aliphatic heterocycles. The Morgan fingerprint density at radius 3 is 1.94 bits per heavy atom. The van der Waals surface area contributed by atoms with Gasteiger partial charge in [0.15, 0.2) is 5.58 Å². The third-order valence-corrected chi connectivity index (χ3v) is 17.3. The van der Waals surface area contributed by atoms with Crippen LogP contribution >= 0.6 is 11.3 Å². The Hall–Kier alpha value is -5.78. The summed E-state index contributed by atoms with van der Waals surface area (Å²) in [5.74, 6) is 0. The van der Waals surface area contributed by atoms with Gasteiger partial charge in [-0.05, 0) is 164 Å². The number of nitrogens with one attached hydrogen (secondary N) is 1. The summed E-state index contributed by atoms with van der Waals surface area (Å²) in [5.41, 5.74) is 20.8. The maximum Gasteiger partial charge on any atom is 0.211 e. The van der Waals surface area contributed by atoms with Crippen molar-refractivity contribution in [2.24, 2.45) is 0 Å². The highest BCUT2D eigenvalue weighted by molar-refractivity contribution is 7.29. The minimum Gasteiger partial charge on any atom is -0.454 e. The predicted octanol–water partition coefficient (Wildman–Crippen LogP) is 15.8.